The van der Waals surface area contributed by atoms with Gasteiger partial charge in [-0.15, -0.1) is 0 Å². The average molecular weight is 191 g/mol. The Kier molecular flexibility index (Phi) is 3.25. The second-order valence-electron chi connectivity index (χ2n) is 3.00. The molecule has 0 fully saturated rings. The van der Waals surface area contributed by atoms with Gasteiger partial charge in [-0.2, -0.15) is 0 Å². The Balaban J connectivity index is 2.95. The molecule has 0 amide bonds. The van der Waals surface area contributed by atoms with Crippen molar-refractivity contribution < 1.29 is 9.22 Å². The fourth-order valence-electron chi connectivity index (χ4n) is 1.29. The van der Waals surface area contributed by atoms with Crippen LogP contribution in [-0.4, -0.2) is 16.5 Å². The smallest absolute Gasteiger partial charge is 0.345 e. The van der Waals surface area contributed by atoms with Crippen LogP contribution >= 0.6 is 0 Å². The predicted octanol–water partition coefficient (Wildman–Crippen LogP) is 1.73. The fraction of sp³-hybridized carbons (Fsp3) is 0.300. The maximum Gasteiger partial charge on any atom is 0.345 e. The van der Waals surface area contributed by atoms with E-state index in [1.54, 1.807) is 0 Å². The largest absolute Gasteiger partial charge is 0.516 e. The Morgan fingerprint density at radius 3 is 2.62 bits per heavy atom. The van der Waals surface area contributed by atoms with Gasteiger partial charge in [0.15, 0.2) is 0 Å². The molecule has 3 heteroatoms. The molecular weight excluding hydrogens is 180 g/mol. The minimum absolute atomic E-state index is 0.223. The number of rotatable bonds is 2. The summed E-state index contributed by atoms with van der Waals surface area (Å²) in [6.07, 6.45) is 0. The summed E-state index contributed by atoms with van der Waals surface area (Å²) in [4.78, 5) is 11.2. The Labute approximate surface area is 81.5 Å². The van der Waals surface area contributed by atoms with Crippen molar-refractivity contribution in [1.29, 1.82) is 0 Å². The first-order valence-electron chi connectivity index (χ1n) is 4.09. The summed E-state index contributed by atoms with van der Waals surface area (Å²) in [5.41, 5.74) is 2.11. The van der Waals surface area contributed by atoms with Crippen LogP contribution in [0.25, 0.3) is 0 Å². The first kappa shape index (κ1) is 9.99. The number of benzene rings is 1. The number of hydrogen-bond donors (Lipinski definition) is 0. The van der Waals surface area contributed by atoms with Crippen LogP contribution < -0.4 is 0 Å². The lowest BCUT2D eigenvalue weighted by Gasteiger charge is -2.11. The molecule has 0 saturated carbocycles. The lowest BCUT2D eigenvalue weighted by molar-refractivity contribution is -0.135. The van der Waals surface area contributed by atoms with Crippen molar-refractivity contribution in [2.24, 2.45) is 0 Å². The van der Waals surface area contributed by atoms with Gasteiger partial charge < -0.3 is 4.43 Å². The minimum atomic E-state index is -0.272. The third-order valence-electron chi connectivity index (χ3n) is 2.11. The summed E-state index contributed by atoms with van der Waals surface area (Å²) >= 11 is 0. The van der Waals surface area contributed by atoms with Crippen LogP contribution in [0.1, 0.15) is 24.0 Å². The van der Waals surface area contributed by atoms with Gasteiger partial charge in [0.2, 0.25) is 0 Å². The van der Waals surface area contributed by atoms with Crippen molar-refractivity contribution in [2.45, 2.75) is 19.8 Å². The first-order valence-corrected chi connectivity index (χ1v) is 4.50. The van der Waals surface area contributed by atoms with E-state index in [4.69, 9.17) is 0 Å². The van der Waals surface area contributed by atoms with Crippen LogP contribution in [-0.2, 0) is 9.22 Å². The summed E-state index contributed by atoms with van der Waals surface area (Å²) in [5, 5.41) is 0. The molecule has 0 N–H and O–H groups in total. The molecule has 1 unspecified atom stereocenters. The van der Waals surface area contributed by atoms with E-state index in [0.29, 0.717) is 0 Å². The highest BCUT2D eigenvalue weighted by atomic mass is 28.2. The molecule has 0 aliphatic carbocycles. The van der Waals surface area contributed by atoms with Gasteiger partial charge in [0.05, 0.1) is 5.92 Å². The van der Waals surface area contributed by atoms with Gasteiger partial charge in [0.25, 0.3) is 5.97 Å². The zero-order valence-corrected chi connectivity index (χ0v) is 8.70. The molecule has 0 saturated heterocycles. The molecule has 1 aromatic rings. The maximum absolute atomic E-state index is 11.2. The van der Waals surface area contributed by atoms with E-state index in [-0.39, 0.29) is 11.9 Å². The normalized spacial score (nSPS) is 12.2. The second kappa shape index (κ2) is 4.23. The van der Waals surface area contributed by atoms with Gasteiger partial charge in [-0.3, -0.25) is 4.79 Å². The van der Waals surface area contributed by atoms with E-state index in [1.165, 1.54) is 0 Å². The number of carbonyl (C=O) groups excluding carboxylic acids is 1. The van der Waals surface area contributed by atoms with Crippen LogP contribution in [0.15, 0.2) is 24.3 Å². The molecule has 0 aromatic heterocycles. The van der Waals surface area contributed by atoms with Crippen LogP contribution in [0, 0.1) is 6.92 Å². The van der Waals surface area contributed by atoms with Crippen molar-refractivity contribution >= 4 is 16.5 Å². The van der Waals surface area contributed by atoms with E-state index in [0.717, 1.165) is 11.1 Å². The van der Waals surface area contributed by atoms with Crippen molar-refractivity contribution in [3.63, 3.8) is 0 Å². The van der Waals surface area contributed by atoms with E-state index < -0.39 is 0 Å². The third-order valence-corrected chi connectivity index (χ3v) is 2.31. The zero-order valence-electron chi connectivity index (χ0n) is 7.70. The standard InChI is InChI=1S/C10H11O2Si/c1-7-5-3-4-6-9(7)8(2)10(11)12-13/h3-6,8H,1-2H3. The summed E-state index contributed by atoms with van der Waals surface area (Å²) < 4.78 is 4.49. The molecule has 0 spiro atoms. The van der Waals surface area contributed by atoms with Crippen LogP contribution in [0.3, 0.4) is 0 Å². The van der Waals surface area contributed by atoms with Gasteiger partial charge in [0, 0.05) is 0 Å². The number of carbonyl (C=O) groups is 1. The van der Waals surface area contributed by atoms with Gasteiger partial charge >= 0.3 is 10.5 Å². The molecule has 67 valence electrons. The summed E-state index contributed by atoms with van der Waals surface area (Å²) in [5.74, 6) is -0.496. The molecule has 0 aliphatic rings. The molecule has 0 bridgehead atoms. The molecule has 0 aliphatic heterocycles. The van der Waals surface area contributed by atoms with Gasteiger partial charge in [-0.05, 0) is 25.0 Å². The Morgan fingerprint density at radius 2 is 2.08 bits per heavy atom. The van der Waals surface area contributed by atoms with Gasteiger partial charge in [-0.25, -0.2) is 0 Å². The lowest BCUT2D eigenvalue weighted by atomic mass is 9.97. The molecule has 1 aromatic carbocycles. The topological polar surface area (TPSA) is 26.3 Å². The number of aryl methyl sites for hydroxylation is 1. The summed E-state index contributed by atoms with van der Waals surface area (Å²) in [6.45, 7) is 3.80. The fourth-order valence-corrected chi connectivity index (χ4v) is 1.46. The molecule has 1 rings (SSSR count). The van der Waals surface area contributed by atoms with E-state index >= 15 is 0 Å². The van der Waals surface area contributed by atoms with Crippen LogP contribution in [0.4, 0.5) is 0 Å². The molecular formula is C10H11O2Si. The van der Waals surface area contributed by atoms with Gasteiger partial charge in [-0.1, -0.05) is 24.3 Å². The SMILES string of the molecule is Cc1ccccc1C(C)C(=O)O[Si]. The van der Waals surface area contributed by atoms with Crippen LogP contribution in [0.2, 0.25) is 0 Å². The van der Waals surface area contributed by atoms with Crippen molar-refractivity contribution in [1.82, 2.24) is 0 Å². The van der Waals surface area contributed by atoms with Crippen molar-refractivity contribution in [3.8, 4) is 0 Å². The molecule has 1 atom stereocenters. The monoisotopic (exact) mass is 191 g/mol. The van der Waals surface area contributed by atoms with Crippen LogP contribution in [0.5, 0.6) is 0 Å². The van der Waals surface area contributed by atoms with Crippen molar-refractivity contribution in [3.05, 3.63) is 35.4 Å². The van der Waals surface area contributed by atoms with Crippen molar-refractivity contribution in [2.75, 3.05) is 0 Å². The number of hydrogen-bond acceptors (Lipinski definition) is 2. The molecule has 0 heterocycles. The first-order chi connectivity index (χ1) is 6.16. The van der Waals surface area contributed by atoms with Gasteiger partial charge in [0.1, 0.15) is 0 Å². The highest BCUT2D eigenvalue weighted by Crippen LogP contribution is 2.19. The third kappa shape index (κ3) is 2.18. The predicted molar refractivity (Wildman–Crippen MR) is 51.4 cm³/mol. The summed E-state index contributed by atoms with van der Waals surface area (Å²) in [7, 11) is 2.73. The minimum Gasteiger partial charge on any atom is -0.516 e. The van der Waals surface area contributed by atoms with E-state index in [1.807, 2.05) is 38.1 Å². The van der Waals surface area contributed by atoms with E-state index in [9.17, 15) is 4.79 Å². The maximum atomic E-state index is 11.2. The quantitative estimate of drug-likeness (QED) is 0.665. The Morgan fingerprint density at radius 1 is 1.46 bits per heavy atom. The second-order valence-corrected chi connectivity index (χ2v) is 3.20. The Bertz CT molecular complexity index is 310. The Hall–Kier alpha value is -1.09. The zero-order chi connectivity index (χ0) is 9.84. The highest BCUT2D eigenvalue weighted by molar-refractivity contribution is 6.06. The van der Waals surface area contributed by atoms with E-state index in [2.05, 4.69) is 14.9 Å². The molecule has 2 nitrogen and oxygen atoms in total. The average Bonchev–Trinajstić information content (AvgIpc) is 2.16. The lowest BCUT2D eigenvalue weighted by Crippen LogP contribution is -2.12. The highest BCUT2D eigenvalue weighted by Gasteiger charge is 2.16. The summed E-state index contributed by atoms with van der Waals surface area (Å²) in [6, 6.07) is 7.78. The molecule has 13 heavy (non-hydrogen) atoms. The molecule has 3 radical (unpaired) electrons.